The molecular weight excluding hydrogens is 461 g/mol. The number of para-hydroxylation sites is 1. The van der Waals surface area contributed by atoms with Crippen molar-refractivity contribution >= 4 is 11.9 Å². The molecule has 0 aliphatic rings. The van der Waals surface area contributed by atoms with Gasteiger partial charge < -0.3 is 23.7 Å². The number of halogens is 3. The monoisotopic (exact) mass is 478 g/mol. The van der Waals surface area contributed by atoms with Crippen LogP contribution in [0.3, 0.4) is 0 Å². The molecule has 2 rings (SSSR count). The number of carbonyl (C=O) groups is 2. The molecule has 0 aliphatic heterocycles. The Kier molecular flexibility index (Phi) is 8.56. The van der Waals surface area contributed by atoms with E-state index in [1.165, 1.54) is 46.3 Å². The lowest BCUT2D eigenvalue weighted by Gasteiger charge is -2.18. The maximum absolute atomic E-state index is 14.9. The zero-order valence-corrected chi connectivity index (χ0v) is 18.3. The van der Waals surface area contributed by atoms with Crippen LogP contribution in [0.2, 0.25) is 0 Å². The van der Waals surface area contributed by atoms with E-state index in [4.69, 9.17) is 34.2 Å². The Morgan fingerprint density at radius 3 is 1.65 bits per heavy atom. The predicted molar refractivity (Wildman–Crippen MR) is 106 cm³/mol. The molecule has 0 fully saturated rings. The van der Waals surface area contributed by atoms with Gasteiger partial charge in [-0.2, -0.15) is 14.9 Å². The molecule has 12 heteroatoms. The van der Waals surface area contributed by atoms with Crippen molar-refractivity contribution in [3.8, 4) is 23.6 Å². The van der Waals surface area contributed by atoms with Crippen molar-refractivity contribution in [1.29, 1.82) is 10.5 Å². The number of rotatable bonds is 8. The number of carbonyl (C=O) groups excluding carboxylic acids is 2. The highest BCUT2D eigenvalue weighted by Gasteiger charge is 2.31. The molecule has 0 bridgehead atoms. The van der Waals surface area contributed by atoms with Crippen LogP contribution in [-0.2, 0) is 18.9 Å². The maximum atomic E-state index is 14.9. The summed E-state index contributed by atoms with van der Waals surface area (Å²) in [5.41, 5.74) is -3.34. The summed E-state index contributed by atoms with van der Waals surface area (Å²) in [7, 11) is 2.48. The number of hydrogen-bond acceptors (Lipinski definition) is 9. The Morgan fingerprint density at radius 1 is 0.794 bits per heavy atom. The van der Waals surface area contributed by atoms with Crippen molar-refractivity contribution in [3.63, 3.8) is 0 Å². The van der Waals surface area contributed by atoms with E-state index in [0.29, 0.717) is 0 Å². The summed E-state index contributed by atoms with van der Waals surface area (Å²) in [6, 6.07) is 5.86. The molecule has 2 unspecified atom stereocenters. The van der Waals surface area contributed by atoms with Crippen molar-refractivity contribution < 1.29 is 46.4 Å². The zero-order chi connectivity index (χ0) is 25.6. The molecule has 0 spiro atoms. The summed E-state index contributed by atoms with van der Waals surface area (Å²) < 4.78 is 68.6. The van der Waals surface area contributed by atoms with Gasteiger partial charge in [-0.05, 0) is 26.0 Å². The summed E-state index contributed by atoms with van der Waals surface area (Å²) in [5, 5.41) is 18.1. The molecule has 178 valence electrons. The Balaban J connectivity index is 2.75. The van der Waals surface area contributed by atoms with Crippen molar-refractivity contribution in [2.75, 3.05) is 14.2 Å². The van der Waals surface area contributed by atoms with Crippen LogP contribution in [0.15, 0.2) is 18.2 Å². The summed E-state index contributed by atoms with van der Waals surface area (Å²) in [5.74, 6) is -10.1. The summed E-state index contributed by atoms with van der Waals surface area (Å²) in [6.07, 6.45) is -2.12. The first-order chi connectivity index (χ1) is 16.1. The van der Waals surface area contributed by atoms with Gasteiger partial charge in [-0.3, -0.25) is 0 Å². The first kappa shape index (κ1) is 26.1. The van der Waals surface area contributed by atoms with Crippen LogP contribution in [0.1, 0.15) is 45.7 Å². The fourth-order valence-electron chi connectivity index (χ4n) is 2.53. The van der Waals surface area contributed by atoms with Gasteiger partial charge in [-0.1, -0.05) is 6.07 Å². The number of nitrogens with zero attached hydrogens (tertiary/aromatic N) is 2. The van der Waals surface area contributed by atoms with Crippen molar-refractivity contribution in [3.05, 3.63) is 57.9 Å². The standard InChI is InChI=1S/C22H17F3N2O7/c1-10(30-3)32-21(28)12-6-5-7-13(22(29)33-11(2)31-4)19(12)34-20-17(24)15(9-27)14(8-26)16(23)18(20)25/h5-7,10-11H,1-4H3. The van der Waals surface area contributed by atoms with Crippen molar-refractivity contribution in [2.45, 2.75) is 26.4 Å². The number of benzene rings is 2. The molecule has 9 nitrogen and oxygen atoms in total. The summed E-state index contributed by atoms with van der Waals surface area (Å²) >= 11 is 0. The van der Waals surface area contributed by atoms with E-state index in [-0.39, 0.29) is 0 Å². The van der Waals surface area contributed by atoms with Crippen LogP contribution >= 0.6 is 0 Å². The normalized spacial score (nSPS) is 12.1. The number of methoxy groups -OCH3 is 2. The number of hydrogen-bond donors (Lipinski definition) is 0. The van der Waals surface area contributed by atoms with Crippen LogP contribution in [0.4, 0.5) is 13.2 Å². The van der Waals surface area contributed by atoms with Crippen LogP contribution in [-0.4, -0.2) is 38.7 Å². The molecule has 2 atom stereocenters. The average Bonchev–Trinajstić information content (AvgIpc) is 2.83. The van der Waals surface area contributed by atoms with E-state index in [1.54, 1.807) is 0 Å². The molecule has 2 aromatic carbocycles. The Bertz CT molecular complexity index is 1160. The van der Waals surface area contributed by atoms with Gasteiger partial charge in [0.05, 0.1) is 0 Å². The second kappa shape index (κ2) is 11.1. The third-order valence-electron chi connectivity index (χ3n) is 4.37. The third-order valence-corrected chi connectivity index (χ3v) is 4.37. The molecule has 0 amide bonds. The topological polar surface area (TPSA) is 128 Å². The van der Waals surface area contributed by atoms with Gasteiger partial charge in [0.25, 0.3) is 0 Å². The van der Waals surface area contributed by atoms with E-state index in [1.807, 2.05) is 0 Å². The lowest BCUT2D eigenvalue weighted by molar-refractivity contribution is -0.0774. The minimum Gasteiger partial charge on any atom is -0.449 e. The van der Waals surface area contributed by atoms with Crippen LogP contribution in [0, 0.1) is 40.1 Å². The molecular formula is C22H17F3N2O7. The molecule has 0 saturated carbocycles. The first-order valence-corrected chi connectivity index (χ1v) is 9.40. The highest BCUT2D eigenvalue weighted by Crippen LogP contribution is 2.37. The minimum absolute atomic E-state index is 0.509. The predicted octanol–water partition coefficient (Wildman–Crippen LogP) is 3.94. The van der Waals surface area contributed by atoms with Gasteiger partial charge in [0, 0.05) is 14.2 Å². The largest absolute Gasteiger partial charge is 0.449 e. The second-order valence-electron chi connectivity index (χ2n) is 6.45. The van der Waals surface area contributed by atoms with Gasteiger partial charge in [0.1, 0.15) is 34.4 Å². The van der Waals surface area contributed by atoms with Crippen molar-refractivity contribution in [1.82, 2.24) is 0 Å². The molecule has 2 aromatic rings. The smallest absolute Gasteiger partial charge is 0.344 e. The summed E-state index contributed by atoms with van der Waals surface area (Å²) in [6.45, 7) is 2.73. The fourth-order valence-corrected chi connectivity index (χ4v) is 2.53. The molecule has 34 heavy (non-hydrogen) atoms. The Morgan fingerprint density at radius 2 is 1.24 bits per heavy atom. The third kappa shape index (κ3) is 5.26. The Hall–Kier alpha value is -4.13. The van der Waals surface area contributed by atoms with Gasteiger partial charge in [0.2, 0.25) is 11.6 Å². The van der Waals surface area contributed by atoms with E-state index in [9.17, 15) is 22.8 Å². The lowest BCUT2D eigenvalue weighted by atomic mass is 10.1. The maximum Gasteiger partial charge on any atom is 0.344 e. The van der Waals surface area contributed by atoms with Gasteiger partial charge >= 0.3 is 11.9 Å². The molecule has 0 radical (unpaired) electrons. The highest BCUT2D eigenvalue weighted by molar-refractivity contribution is 6.00. The number of ether oxygens (including phenoxy) is 5. The van der Waals surface area contributed by atoms with E-state index in [2.05, 4.69) is 0 Å². The van der Waals surface area contributed by atoms with E-state index >= 15 is 0 Å². The molecule has 0 aromatic heterocycles. The van der Waals surface area contributed by atoms with Gasteiger partial charge in [0.15, 0.2) is 30.0 Å². The van der Waals surface area contributed by atoms with E-state index in [0.717, 1.165) is 12.1 Å². The fraction of sp³-hybridized carbons (Fsp3) is 0.273. The van der Waals surface area contributed by atoms with Crippen LogP contribution in [0.25, 0.3) is 0 Å². The van der Waals surface area contributed by atoms with Crippen LogP contribution < -0.4 is 4.74 Å². The van der Waals surface area contributed by atoms with Crippen LogP contribution in [0.5, 0.6) is 11.5 Å². The summed E-state index contributed by atoms with van der Waals surface area (Å²) in [4.78, 5) is 25.2. The Labute approximate surface area is 191 Å². The molecule has 0 heterocycles. The first-order valence-electron chi connectivity index (χ1n) is 9.40. The van der Waals surface area contributed by atoms with Gasteiger partial charge in [-0.15, -0.1) is 0 Å². The molecule has 0 saturated heterocycles. The zero-order valence-electron chi connectivity index (χ0n) is 18.3. The number of nitriles is 2. The SMILES string of the molecule is COC(C)OC(=O)c1cccc(C(=O)OC(C)OC)c1Oc1c(F)c(F)c(C#N)c(C#N)c1F. The minimum atomic E-state index is -1.97. The molecule has 0 N–H and O–H groups in total. The van der Waals surface area contributed by atoms with Gasteiger partial charge in [-0.25, -0.2) is 18.4 Å². The molecule has 0 aliphatic carbocycles. The van der Waals surface area contributed by atoms with E-state index < -0.39 is 75.7 Å². The highest BCUT2D eigenvalue weighted by atomic mass is 19.2. The number of esters is 2. The average molecular weight is 478 g/mol. The lowest BCUT2D eigenvalue weighted by Crippen LogP contribution is -2.20. The van der Waals surface area contributed by atoms with Crippen molar-refractivity contribution in [2.24, 2.45) is 0 Å². The second-order valence-corrected chi connectivity index (χ2v) is 6.45. The quantitative estimate of drug-likeness (QED) is 0.315.